The minimum Gasteiger partial charge on any atom is -0.462 e. The Balaban J connectivity index is 1.84. The molecule has 7 heteroatoms. The van der Waals surface area contributed by atoms with Gasteiger partial charge in [-0.25, -0.2) is 4.79 Å². The van der Waals surface area contributed by atoms with E-state index in [0.29, 0.717) is 29.1 Å². The van der Waals surface area contributed by atoms with E-state index in [1.165, 1.54) is 0 Å². The second-order valence-corrected chi connectivity index (χ2v) is 5.36. The molecule has 2 amide bonds. The standard InChI is InChI=1S/C19H21N3O4/c1-3-26-19(25)14-6-8-15(9-7-14)21-12-17(23)22-16-10-4-13(5-11-16)18(24)20-2/h4-11,21H,3,12H2,1-2H3,(H,20,24)(H,22,23). The monoisotopic (exact) mass is 355 g/mol. The molecule has 0 aromatic heterocycles. The average Bonchev–Trinajstić information content (AvgIpc) is 2.67. The van der Waals surface area contributed by atoms with Crippen molar-refractivity contribution in [3.05, 3.63) is 59.7 Å². The van der Waals surface area contributed by atoms with Gasteiger partial charge in [-0.15, -0.1) is 0 Å². The maximum Gasteiger partial charge on any atom is 0.338 e. The van der Waals surface area contributed by atoms with Gasteiger partial charge in [0.1, 0.15) is 0 Å². The number of anilines is 2. The second-order valence-electron chi connectivity index (χ2n) is 5.36. The highest BCUT2D eigenvalue weighted by Crippen LogP contribution is 2.12. The number of hydrogen-bond acceptors (Lipinski definition) is 5. The van der Waals surface area contributed by atoms with Crippen molar-refractivity contribution in [1.29, 1.82) is 0 Å². The summed E-state index contributed by atoms with van der Waals surface area (Å²) >= 11 is 0. The predicted octanol–water partition coefficient (Wildman–Crippen LogP) is 2.27. The lowest BCUT2D eigenvalue weighted by molar-refractivity contribution is -0.114. The lowest BCUT2D eigenvalue weighted by Gasteiger charge is -2.09. The zero-order chi connectivity index (χ0) is 18.9. The van der Waals surface area contributed by atoms with Crippen LogP contribution >= 0.6 is 0 Å². The first kappa shape index (κ1) is 19.0. The SMILES string of the molecule is CCOC(=O)c1ccc(NCC(=O)Nc2ccc(C(=O)NC)cc2)cc1. The molecular formula is C19H21N3O4. The van der Waals surface area contributed by atoms with E-state index >= 15 is 0 Å². The summed E-state index contributed by atoms with van der Waals surface area (Å²) in [5, 5.41) is 8.24. The van der Waals surface area contributed by atoms with Crippen LogP contribution in [0.1, 0.15) is 27.6 Å². The van der Waals surface area contributed by atoms with Crippen LogP contribution in [0.25, 0.3) is 0 Å². The fourth-order valence-corrected chi connectivity index (χ4v) is 2.18. The third kappa shape index (κ3) is 5.34. The smallest absolute Gasteiger partial charge is 0.338 e. The molecule has 136 valence electrons. The quantitative estimate of drug-likeness (QED) is 0.662. The first-order valence-corrected chi connectivity index (χ1v) is 8.16. The first-order chi connectivity index (χ1) is 12.5. The van der Waals surface area contributed by atoms with Crippen molar-refractivity contribution in [3.8, 4) is 0 Å². The van der Waals surface area contributed by atoms with Gasteiger partial charge in [0.25, 0.3) is 5.91 Å². The van der Waals surface area contributed by atoms with E-state index in [1.54, 1.807) is 62.5 Å². The molecule has 0 saturated heterocycles. The number of nitrogens with one attached hydrogen (secondary N) is 3. The van der Waals surface area contributed by atoms with E-state index in [9.17, 15) is 14.4 Å². The van der Waals surface area contributed by atoms with Gasteiger partial charge < -0.3 is 20.7 Å². The molecule has 0 bridgehead atoms. The van der Waals surface area contributed by atoms with Crippen molar-refractivity contribution >= 4 is 29.2 Å². The van der Waals surface area contributed by atoms with Crippen LogP contribution in [0.5, 0.6) is 0 Å². The fourth-order valence-electron chi connectivity index (χ4n) is 2.18. The van der Waals surface area contributed by atoms with E-state index < -0.39 is 0 Å². The highest BCUT2D eigenvalue weighted by molar-refractivity contribution is 5.96. The van der Waals surface area contributed by atoms with Gasteiger partial charge in [-0.05, 0) is 55.5 Å². The van der Waals surface area contributed by atoms with Crippen molar-refractivity contribution in [2.24, 2.45) is 0 Å². The van der Waals surface area contributed by atoms with E-state index in [2.05, 4.69) is 16.0 Å². The van der Waals surface area contributed by atoms with Gasteiger partial charge in [0.2, 0.25) is 5.91 Å². The van der Waals surface area contributed by atoms with Crippen LogP contribution in [0.2, 0.25) is 0 Å². The van der Waals surface area contributed by atoms with Crippen LogP contribution in [0.4, 0.5) is 11.4 Å². The van der Waals surface area contributed by atoms with Gasteiger partial charge in [0.05, 0.1) is 18.7 Å². The predicted molar refractivity (Wildman–Crippen MR) is 99.4 cm³/mol. The molecule has 0 atom stereocenters. The number of amides is 2. The number of rotatable bonds is 7. The number of ether oxygens (including phenoxy) is 1. The van der Waals surface area contributed by atoms with Gasteiger partial charge in [-0.1, -0.05) is 0 Å². The van der Waals surface area contributed by atoms with Crippen LogP contribution in [0.15, 0.2) is 48.5 Å². The number of esters is 1. The lowest BCUT2D eigenvalue weighted by Crippen LogP contribution is -2.22. The van der Waals surface area contributed by atoms with E-state index in [1.807, 2.05) is 0 Å². The fraction of sp³-hybridized carbons (Fsp3) is 0.211. The zero-order valence-electron chi connectivity index (χ0n) is 14.7. The van der Waals surface area contributed by atoms with Gasteiger partial charge in [0.15, 0.2) is 0 Å². The molecule has 0 saturated carbocycles. The molecule has 0 fully saturated rings. The van der Waals surface area contributed by atoms with Crippen LogP contribution in [-0.4, -0.2) is 38.0 Å². The molecular weight excluding hydrogens is 334 g/mol. The van der Waals surface area contributed by atoms with Crippen molar-refractivity contribution < 1.29 is 19.1 Å². The summed E-state index contributed by atoms with van der Waals surface area (Å²) in [5.74, 6) is -0.792. The summed E-state index contributed by atoms with van der Waals surface area (Å²) in [6.45, 7) is 2.14. The number of carbonyl (C=O) groups excluding carboxylic acids is 3. The minimum absolute atomic E-state index is 0.0654. The summed E-state index contributed by atoms with van der Waals surface area (Å²) < 4.78 is 4.91. The van der Waals surface area contributed by atoms with Crippen molar-refractivity contribution in [1.82, 2.24) is 5.32 Å². The van der Waals surface area contributed by atoms with Crippen LogP contribution in [0, 0.1) is 0 Å². The van der Waals surface area contributed by atoms with Crippen LogP contribution in [-0.2, 0) is 9.53 Å². The molecule has 2 rings (SSSR count). The van der Waals surface area contributed by atoms with Crippen molar-refractivity contribution in [3.63, 3.8) is 0 Å². The Morgan fingerprint density at radius 2 is 1.46 bits per heavy atom. The average molecular weight is 355 g/mol. The number of hydrogen-bond donors (Lipinski definition) is 3. The molecule has 0 aliphatic rings. The van der Waals surface area contributed by atoms with E-state index in [-0.39, 0.29) is 24.3 Å². The normalized spacial score (nSPS) is 9.92. The molecule has 7 nitrogen and oxygen atoms in total. The third-order valence-corrected chi connectivity index (χ3v) is 3.51. The van der Waals surface area contributed by atoms with Crippen LogP contribution < -0.4 is 16.0 Å². The third-order valence-electron chi connectivity index (χ3n) is 3.51. The van der Waals surface area contributed by atoms with Gasteiger partial charge in [-0.2, -0.15) is 0 Å². The molecule has 0 heterocycles. The van der Waals surface area contributed by atoms with Gasteiger partial charge in [0, 0.05) is 24.0 Å². The topological polar surface area (TPSA) is 96.5 Å². The molecule has 26 heavy (non-hydrogen) atoms. The van der Waals surface area contributed by atoms with Crippen molar-refractivity contribution in [2.75, 3.05) is 30.8 Å². The summed E-state index contributed by atoms with van der Waals surface area (Å²) in [6.07, 6.45) is 0. The molecule has 2 aromatic carbocycles. The first-order valence-electron chi connectivity index (χ1n) is 8.16. The van der Waals surface area contributed by atoms with E-state index in [0.717, 1.165) is 0 Å². The summed E-state index contributed by atoms with van der Waals surface area (Å²) in [4.78, 5) is 35.0. The Morgan fingerprint density at radius 1 is 0.885 bits per heavy atom. The molecule has 3 N–H and O–H groups in total. The number of carbonyl (C=O) groups is 3. The van der Waals surface area contributed by atoms with Gasteiger partial charge >= 0.3 is 5.97 Å². The maximum absolute atomic E-state index is 12.0. The molecule has 0 unspecified atom stereocenters. The second kappa shape index (κ2) is 9.22. The molecule has 2 aromatic rings. The lowest BCUT2D eigenvalue weighted by atomic mass is 10.2. The van der Waals surface area contributed by atoms with Crippen molar-refractivity contribution in [2.45, 2.75) is 6.92 Å². The zero-order valence-corrected chi connectivity index (χ0v) is 14.7. The molecule has 0 spiro atoms. The van der Waals surface area contributed by atoms with Crippen LogP contribution in [0.3, 0.4) is 0 Å². The Hall–Kier alpha value is -3.35. The Kier molecular flexibility index (Phi) is 6.73. The highest BCUT2D eigenvalue weighted by Gasteiger charge is 2.07. The van der Waals surface area contributed by atoms with Gasteiger partial charge in [-0.3, -0.25) is 9.59 Å². The van der Waals surface area contributed by atoms with E-state index in [4.69, 9.17) is 4.74 Å². The number of benzene rings is 2. The summed E-state index contributed by atoms with van der Waals surface area (Å²) in [5.41, 5.74) is 2.29. The molecule has 0 radical (unpaired) electrons. The minimum atomic E-state index is -0.378. The molecule has 0 aliphatic carbocycles. The molecule has 0 aliphatic heterocycles. The Labute approximate surface area is 151 Å². The largest absolute Gasteiger partial charge is 0.462 e. The Morgan fingerprint density at radius 3 is 2.04 bits per heavy atom. The maximum atomic E-state index is 12.0. The Bertz CT molecular complexity index is 770. The summed E-state index contributed by atoms with van der Waals surface area (Å²) in [7, 11) is 1.56. The highest BCUT2D eigenvalue weighted by atomic mass is 16.5. The summed E-state index contributed by atoms with van der Waals surface area (Å²) in [6, 6.07) is 13.3.